The first kappa shape index (κ1) is 18.3. The highest BCUT2D eigenvalue weighted by Crippen LogP contribution is 2.34. The second-order valence-electron chi connectivity index (χ2n) is 7.43. The van der Waals surface area contributed by atoms with Crippen LogP contribution in [0.1, 0.15) is 18.4 Å². The second kappa shape index (κ2) is 8.28. The highest BCUT2D eigenvalue weighted by atomic mass is 19.1. The van der Waals surface area contributed by atoms with Gasteiger partial charge in [0.15, 0.2) is 11.5 Å². The lowest BCUT2D eigenvalue weighted by Gasteiger charge is -2.40. The zero-order valence-electron chi connectivity index (χ0n) is 15.7. The number of benzene rings is 2. The van der Waals surface area contributed by atoms with Crippen LogP contribution < -0.4 is 14.8 Å². The number of piperidine rings is 1. The molecule has 5 heteroatoms. The largest absolute Gasteiger partial charge is 0.486 e. The zero-order chi connectivity index (χ0) is 18.6. The molecule has 2 heterocycles. The lowest BCUT2D eigenvalue weighted by molar-refractivity contribution is 0.0307. The van der Waals surface area contributed by atoms with Crippen LogP contribution in [0.4, 0.5) is 4.39 Å². The molecule has 0 aliphatic carbocycles. The molecule has 2 aromatic rings. The molecule has 0 spiro atoms. The first-order valence-corrected chi connectivity index (χ1v) is 9.76. The van der Waals surface area contributed by atoms with E-state index in [1.807, 2.05) is 43.4 Å². The number of rotatable bonds is 5. The summed E-state index contributed by atoms with van der Waals surface area (Å²) in [6, 6.07) is 15.2. The molecule has 2 atom stereocenters. The molecule has 2 unspecified atom stereocenters. The van der Waals surface area contributed by atoms with Crippen LogP contribution in [0.25, 0.3) is 0 Å². The van der Waals surface area contributed by atoms with Crippen LogP contribution in [-0.4, -0.2) is 43.8 Å². The van der Waals surface area contributed by atoms with E-state index in [1.165, 1.54) is 6.07 Å². The Balaban J connectivity index is 1.35. The van der Waals surface area contributed by atoms with E-state index >= 15 is 0 Å². The molecule has 1 saturated heterocycles. The summed E-state index contributed by atoms with van der Waals surface area (Å²) in [6.45, 7) is 3.20. The maximum absolute atomic E-state index is 13.9. The molecule has 27 heavy (non-hydrogen) atoms. The molecule has 0 aromatic heterocycles. The topological polar surface area (TPSA) is 33.7 Å². The Labute approximate surface area is 160 Å². The van der Waals surface area contributed by atoms with Gasteiger partial charge < -0.3 is 14.8 Å². The van der Waals surface area contributed by atoms with Crippen LogP contribution in [-0.2, 0) is 6.54 Å². The van der Waals surface area contributed by atoms with Gasteiger partial charge in [0.2, 0.25) is 0 Å². The maximum Gasteiger partial charge on any atom is 0.161 e. The highest BCUT2D eigenvalue weighted by Gasteiger charge is 2.35. The van der Waals surface area contributed by atoms with Crippen LogP contribution in [0.3, 0.4) is 0 Å². The van der Waals surface area contributed by atoms with Gasteiger partial charge in [-0.3, -0.25) is 4.90 Å². The third-order valence-corrected chi connectivity index (χ3v) is 5.76. The Hall–Kier alpha value is -2.11. The Bertz CT molecular complexity index is 761. The number of hydrogen-bond acceptors (Lipinski definition) is 4. The highest BCUT2D eigenvalue weighted by molar-refractivity contribution is 5.40. The Kier molecular flexibility index (Phi) is 5.60. The molecule has 0 amide bonds. The minimum absolute atomic E-state index is 0.00742. The molecular weight excluding hydrogens is 343 g/mol. The number of nitrogens with zero attached hydrogens (tertiary/aromatic N) is 1. The average molecular weight is 370 g/mol. The Morgan fingerprint density at radius 3 is 2.52 bits per heavy atom. The fraction of sp³-hybridized carbons (Fsp3) is 0.455. The predicted octanol–water partition coefficient (Wildman–Crippen LogP) is 3.47. The summed E-state index contributed by atoms with van der Waals surface area (Å²) in [5.41, 5.74) is 0.779. The molecule has 2 aromatic carbocycles. The standard InChI is InChI=1S/C22H27FN2O2/c1-24-22(21-15-26-19-8-4-5-9-20(19)27-21)16-10-12-25(13-11-16)14-17-6-2-3-7-18(17)23/h2-9,16,21-22,24H,10-15H2,1H3. The number of likely N-dealkylation sites (N-methyl/N-ethyl adjacent to an activating group) is 1. The number of nitrogens with one attached hydrogen (secondary N) is 1. The third kappa shape index (κ3) is 4.09. The SMILES string of the molecule is CNC(C1CCN(Cc2ccccc2F)CC1)C1COc2ccccc2O1. The molecule has 0 saturated carbocycles. The number of ether oxygens (including phenoxy) is 2. The lowest BCUT2D eigenvalue weighted by atomic mass is 9.86. The summed E-state index contributed by atoms with van der Waals surface area (Å²) in [5.74, 6) is 2.05. The maximum atomic E-state index is 13.9. The van der Waals surface area contributed by atoms with Gasteiger partial charge in [0.1, 0.15) is 18.5 Å². The van der Waals surface area contributed by atoms with Crippen LogP contribution in [0.2, 0.25) is 0 Å². The van der Waals surface area contributed by atoms with Gasteiger partial charge in [-0.2, -0.15) is 0 Å². The van der Waals surface area contributed by atoms with Crippen molar-refractivity contribution in [1.82, 2.24) is 10.2 Å². The molecule has 1 N–H and O–H groups in total. The van der Waals surface area contributed by atoms with Crippen molar-refractivity contribution >= 4 is 0 Å². The third-order valence-electron chi connectivity index (χ3n) is 5.76. The molecular formula is C22H27FN2O2. The van der Waals surface area contributed by atoms with Gasteiger partial charge in [0, 0.05) is 12.1 Å². The zero-order valence-corrected chi connectivity index (χ0v) is 15.7. The Morgan fingerprint density at radius 2 is 1.78 bits per heavy atom. The van der Waals surface area contributed by atoms with Crippen molar-refractivity contribution in [2.45, 2.75) is 31.5 Å². The Morgan fingerprint density at radius 1 is 1.07 bits per heavy atom. The molecule has 2 aliphatic rings. The number of halogens is 1. The molecule has 4 rings (SSSR count). The van der Waals surface area contributed by atoms with E-state index in [2.05, 4.69) is 10.2 Å². The van der Waals surface area contributed by atoms with E-state index in [-0.39, 0.29) is 18.0 Å². The van der Waals surface area contributed by atoms with Gasteiger partial charge in [-0.1, -0.05) is 30.3 Å². The van der Waals surface area contributed by atoms with Crippen molar-refractivity contribution in [3.05, 3.63) is 59.9 Å². The van der Waals surface area contributed by atoms with E-state index in [0.29, 0.717) is 19.1 Å². The van der Waals surface area contributed by atoms with Crippen molar-refractivity contribution in [2.24, 2.45) is 5.92 Å². The van der Waals surface area contributed by atoms with Crippen molar-refractivity contribution in [3.8, 4) is 11.5 Å². The average Bonchev–Trinajstić information content (AvgIpc) is 2.71. The van der Waals surface area contributed by atoms with Gasteiger partial charge in [-0.15, -0.1) is 0 Å². The normalized spacial score (nSPS) is 21.8. The molecule has 2 aliphatic heterocycles. The summed E-state index contributed by atoms with van der Waals surface area (Å²) in [5, 5.41) is 3.46. The summed E-state index contributed by atoms with van der Waals surface area (Å²) >= 11 is 0. The summed E-state index contributed by atoms with van der Waals surface area (Å²) in [6.07, 6.45) is 2.15. The van der Waals surface area contributed by atoms with Crippen molar-refractivity contribution in [1.29, 1.82) is 0 Å². The summed E-state index contributed by atoms with van der Waals surface area (Å²) < 4.78 is 26.0. The fourth-order valence-corrected chi connectivity index (χ4v) is 4.28. The van der Waals surface area contributed by atoms with E-state index in [1.54, 1.807) is 6.07 Å². The van der Waals surface area contributed by atoms with Crippen molar-refractivity contribution in [3.63, 3.8) is 0 Å². The number of fused-ring (bicyclic) bond motifs is 1. The summed E-state index contributed by atoms with van der Waals surface area (Å²) in [7, 11) is 2.00. The molecule has 1 fully saturated rings. The molecule has 4 nitrogen and oxygen atoms in total. The first-order chi connectivity index (χ1) is 13.2. The smallest absolute Gasteiger partial charge is 0.161 e. The molecule has 144 valence electrons. The number of para-hydroxylation sites is 2. The second-order valence-corrected chi connectivity index (χ2v) is 7.43. The van der Waals surface area contributed by atoms with Crippen molar-refractivity contribution in [2.75, 3.05) is 26.7 Å². The minimum Gasteiger partial charge on any atom is -0.486 e. The van der Waals surface area contributed by atoms with E-state index in [0.717, 1.165) is 43.0 Å². The van der Waals surface area contributed by atoms with Gasteiger partial charge in [-0.05, 0) is 57.1 Å². The van der Waals surface area contributed by atoms with Crippen LogP contribution in [0, 0.1) is 11.7 Å². The minimum atomic E-state index is -0.112. The number of likely N-dealkylation sites (tertiary alicyclic amines) is 1. The van der Waals surface area contributed by atoms with Gasteiger partial charge in [0.05, 0.1) is 6.04 Å². The van der Waals surface area contributed by atoms with Crippen LogP contribution in [0.15, 0.2) is 48.5 Å². The first-order valence-electron chi connectivity index (χ1n) is 9.76. The van der Waals surface area contributed by atoms with Crippen molar-refractivity contribution < 1.29 is 13.9 Å². The van der Waals surface area contributed by atoms with E-state index in [9.17, 15) is 4.39 Å². The van der Waals surface area contributed by atoms with Gasteiger partial charge in [-0.25, -0.2) is 4.39 Å². The lowest BCUT2D eigenvalue weighted by Crippen LogP contribution is -2.53. The number of hydrogen-bond donors (Lipinski definition) is 1. The monoisotopic (exact) mass is 370 g/mol. The molecule has 0 radical (unpaired) electrons. The van der Waals surface area contributed by atoms with Crippen LogP contribution >= 0.6 is 0 Å². The van der Waals surface area contributed by atoms with E-state index < -0.39 is 0 Å². The quantitative estimate of drug-likeness (QED) is 0.874. The van der Waals surface area contributed by atoms with Gasteiger partial charge >= 0.3 is 0 Å². The predicted molar refractivity (Wildman–Crippen MR) is 104 cm³/mol. The molecule has 0 bridgehead atoms. The van der Waals surface area contributed by atoms with E-state index in [4.69, 9.17) is 9.47 Å². The summed E-state index contributed by atoms with van der Waals surface area (Å²) in [4.78, 5) is 2.34. The fourth-order valence-electron chi connectivity index (χ4n) is 4.28. The van der Waals surface area contributed by atoms with Crippen LogP contribution in [0.5, 0.6) is 11.5 Å². The van der Waals surface area contributed by atoms with Gasteiger partial charge in [0.25, 0.3) is 0 Å².